The van der Waals surface area contributed by atoms with E-state index in [1.165, 1.54) is 0 Å². The average molecular weight is 105 g/mol. The predicted molar refractivity (Wildman–Crippen MR) is 17.7 cm³/mol. The van der Waals surface area contributed by atoms with E-state index in [1.54, 1.807) is 6.92 Å². The molecule has 0 aromatic carbocycles. The molecule has 0 saturated heterocycles. The van der Waals surface area contributed by atoms with Crippen molar-refractivity contribution in [1.82, 2.24) is 0 Å². The molecule has 0 heterocycles. The van der Waals surface area contributed by atoms with E-state index in [1.807, 2.05) is 0 Å². The molecular formula is C2H5ClMgO. The van der Waals surface area contributed by atoms with Crippen LogP contribution in [0.5, 0.6) is 0 Å². The molecular weight excluding hydrogens is 99.8 g/mol. The van der Waals surface area contributed by atoms with E-state index in [-0.39, 0.29) is 35.5 Å². The first-order valence-electron chi connectivity index (χ1n) is 0.836. The molecule has 0 saturated carbocycles. The summed E-state index contributed by atoms with van der Waals surface area (Å²) in [6.07, 6.45) is 0. The summed E-state index contributed by atoms with van der Waals surface area (Å²) in [6, 6.07) is 0. The minimum absolute atomic E-state index is 0. The monoisotopic (exact) mass is 104 g/mol. The Morgan fingerprint density at radius 3 is 1.60 bits per heavy atom. The van der Waals surface area contributed by atoms with Crippen LogP contribution in [0.4, 0.5) is 0 Å². The van der Waals surface area contributed by atoms with Gasteiger partial charge >= 0.3 is 23.1 Å². The second kappa shape index (κ2) is 19.9. The van der Waals surface area contributed by atoms with Gasteiger partial charge in [0, 0.05) is 0 Å². The van der Waals surface area contributed by atoms with E-state index in [2.05, 4.69) is 0 Å². The summed E-state index contributed by atoms with van der Waals surface area (Å²) in [5.41, 5.74) is 0. The Bertz CT molecular complexity index is 9.61. The molecule has 0 aromatic heterocycles. The van der Waals surface area contributed by atoms with Gasteiger partial charge < -0.3 is 17.5 Å². The van der Waals surface area contributed by atoms with Gasteiger partial charge in [0.1, 0.15) is 0 Å². The zero-order valence-electron chi connectivity index (χ0n) is 3.11. The molecule has 0 atom stereocenters. The molecule has 3 heteroatoms. The Kier molecular flexibility index (Phi) is 66.2. The Balaban J connectivity index is -0.0000000200. The van der Waals surface area contributed by atoms with Crippen molar-refractivity contribution in [3.63, 3.8) is 0 Å². The zero-order valence-corrected chi connectivity index (χ0v) is 5.28. The Morgan fingerprint density at radius 1 is 1.60 bits per heavy atom. The third-order valence-corrected chi connectivity index (χ3v) is 0. The summed E-state index contributed by atoms with van der Waals surface area (Å²) in [5, 5.41) is 7.44. The predicted octanol–water partition coefficient (Wildman–Crippen LogP) is -2.84. The van der Waals surface area contributed by atoms with Gasteiger partial charge in [0.25, 0.3) is 0 Å². The molecule has 0 radical (unpaired) electrons. The molecule has 1 nitrogen and oxygen atoms in total. The second-order valence-electron chi connectivity index (χ2n) is 0.258. The van der Waals surface area contributed by atoms with Crippen LogP contribution >= 0.6 is 0 Å². The fourth-order valence-electron chi connectivity index (χ4n) is 0. The van der Waals surface area contributed by atoms with Gasteiger partial charge in [-0.15, -0.1) is 0 Å². The third kappa shape index (κ3) is 44.2. The van der Waals surface area contributed by atoms with Crippen LogP contribution < -0.4 is 12.4 Å². The summed E-state index contributed by atoms with van der Waals surface area (Å²) in [7, 11) is 0. The Labute approximate surface area is 54.3 Å². The van der Waals surface area contributed by atoms with Crippen LogP contribution in [0.15, 0.2) is 0 Å². The number of hydrogen-bond donors (Lipinski definition) is 1. The van der Waals surface area contributed by atoms with Gasteiger partial charge in [-0.25, -0.2) is 6.61 Å². The van der Waals surface area contributed by atoms with Crippen molar-refractivity contribution in [3.8, 4) is 0 Å². The number of halogens is 1. The SMILES string of the molecule is C[CH-]O.[Cl-].[Mg+2]. The Morgan fingerprint density at radius 2 is 1.60 bits per heavy atom. The van der Waals surface area contributed by atoms with Crippen molar-refractivity contribution in [1.29, 1.82) is 0 Å². The molecule has 0 amide bonds. The van der Waals surface area contributed by atoms with Crippen molar-refractivity contribution in [2.45, 2.75) is 6.92 Å². The fourth-order valence-corrected chi connectivity index (χ4v) is 0. The first-order chi connectivity index (χ1) is 1.41. The zero-order chi connectivity index (χ0) is 2.71. The molecule has 0 aromatic rings. The van der Waals surface area contributed by atoms with Gasteiger partial charge in [-0.05, 0) is 0 Å². The smallest absolute Gasteiger partial charge is 1.00 e. The summed E-state index contributed by atoms with van der Waals surface area (Å²) >= 11 is 0. The minimum atomic E-state index is 0. The molecule has 0 rings (SSSR count). The van der Waals surface area contributed by atoms with Crippen LogP contribution in [0, 0.1) is 6.61 Å². The number of hydrogen-bond acceptors (Lipinski definition) is 1. The molecule has 0 aliphatic carbocycles. The molecule has 0 aliphatic rings. The van der Waals surface area contributed by atoms with Crippen molar-refractivity contribution >= 4 is 23.1 Å². The summed E-state index contributed by atoms with van der Waals surface area (Å²) in [6.45, 7) is 2.56. The molecule has 0 unspecified atom stereocenters. The molecule has 28 valence electrons. The van der Waals surface area contributed by atoms with Crippen molar-refractivity contribution in [2.24, 2.45) is 0 Å². The molecule has 0 aliphatic heterocycles. The maximum atomic E-state index is 7.44. The average Bonchev–Trinajstić information content (AvgIpc) is 0.918. The van der Waals surface area contributed by atoms with Gasteiger partial charge in [0.15, 0.2) is 0 Å². The number of aliphatic hydroxyl groups is 1. The van der Waals surface area contributed by atoms with Gasteiger partial charge in [-0.1, -0.05) is 0 Å². The standard InChI is InChI=1S/C2H5O.ClH.Mg/c1-2-3;;/h2-3H,1H3;1H;/q-1;;+2/p-1. The largest absolute Gasteiger partial charge is 2.00 e. The summed E-state index contributed by atoms with van der Waals surface area (Å²) in [4.78, 5) is 0. The van der Waals surface area contributed by atoms with Gasteiger partial charge in [-0.2, -0.15) is 6.92 Å². The van der Waals surface area contributed by atoms with E-state index in [9.17, 15) is 0 Å². The number of aliphatic hydroxyl groups excluding tert-OH is 1. The van der Waals surface area contributed by atoms with Crippen molar-refractivity contribution in [2.75, 3.05) is 0 Å². The van der Waals surface area contributed by atoms with Crippen LogP contribution in [0.2, 0.25) is 0 Å². The van der Waals surface area contributed by atoms with E-state index in [4.69, 9.17) is 5.11 Å². The van der Waals surface area contributed by atoms with Gasteiger partial charge in [0.05, 0.1) is 0 Å². The maximum absolute atomic E-state index is 7.44. The van der Waals surface area contributed by atoms with Crippen molar-refractivity contribution < 1.29 is 17.5 Å². The number of rotatable bonds is 0. The topological polar surface area (TPSA) is 20.2 Å². The first-order valence-corrected chi connectivity index (χ1v) is 0.836. The first kappa shape index (κ1) is 16.6. The summed E-state index contributed by atoms with van der Waals surface area (Å²) < 4.78 is 0. The van der Waals surface area contributed by atoms with E-state index < -0.39 is 0 Å². The van der Waals surface area contributed by atoms with Crippen LogP contribution in [0.3, 0.4) is 0 Å². The van der Waals surface area contributed by atoms with Crippen LogP contribution in [0.25, 0.3) is 0 Å². The molecule has 0 bridgehead atoms. The van der Waals surface area contributed by atoms with E-state index in [0.717, 1.165) is 6.61 Å². The molecule has 0 spiro atoms. The normalized spacial score (nSPS) is 3.60. The fraction of sp³-hybridized carbons (Fsp3) is 0.500. The van der Waals surface area contributed by atoms with E-state index >= 15 is 0 Å². The summed E-state index contributed by atoms with van der Waals surface area (Å²) in [5.74, 6) is 0. The Hall–Kier alpha value is 1.02. The van der Waals surface area contributed by atoms with Gasteiger partial charge in [-0.3, -0.25) is 0 Å². The quantitative estimate of drug-likeness (QED) is 0.260. The van der Waals surface area contributed by atoms with Gasteiger partial charge in [0.2, 0.25) is 0 Å². The molecule has 0 fully saturated rings. The minimum Gasteiger partial charge on any atom is -1.00 e. The van der Waals surface area contributed by atoms with Crippen molar-refractivity contribution in [3.05, 3.63) is 6.61 Å². The van der Waals surface area contributed by atoms with Crippen LogP contribution in [-0.4, -0.2) is 28.2 Å². The molecule has 1 N–H and O–H groups in total. The molecule has 5 heavy (non-hydrogen) atoms. The maximum Gasteiger partial charge on any atom is 2.00 e. The van der Waals surface area contributed by atoms with Crippen LogP contribution in [0.1, 0.15) is 6.92 Å². The third-order valence-electron chi connectivity index (χ3n) is 0. The van der Waals surface area contributed by atoms with Crippen LogP contribution in [-0.2, 0) is 0 Å². The second-order valence-corrected chi connectivity index (χ2v) is 0.258. The van der Waals surface area contributed by atoms with E-state index in [0.29, 0.717) is 0 Å².